The summed E-state index contributed by atoms with van der Waals surface area (Å²) in [7, 11) is 0. The maximum absolute atomic E-state index is 12.4. The summed E-state index contributed by atoms with van der Waals surface area (Å²) < 4.78 is 5.87. The fourth-order valence-corrected chi connectivity index (χ4v) is 2.89. The Morgan fingerprint density at radius 3 is 2.62 bits per heavy atom. The lowest BCUT2D eigenvalue weighted by Crippen LogP contribution is -2.43. The van der Waals surface area contributed by atoms with Crippen LogP contribution in [0.2, 0.25) is 0 Å². The van der Waals surface area contributed by atoms with Crippen molar-refractivity contribution in [3.63, 3.8) is 0 Å². The quantitative estimate of drug-likeness (QED) is 0.832. The van der Waals surface area contributed by atoms with Crippen molar-refractivity contribution in [3.05, 3.63) is 29.8 Å². The molecule has 21 heavy (non-hydrogen) atoms. The molecule has 0 bridgehead atoms. The molecule has 0 radical (unpaired) electrons. The minimum Gasteiger partial charge on any atom is -0.481 e. The van der Waals surface area contributed by atoms with Gasteiger partial charge in [0.05, 0.1) is 0 Å². The summed E-state index contributed by atoms with van der Waals surface area (Å²) in [6.07, 6.45) is 7.54. The molecule has 3 heteroatoms. The number of benzene rings is 1. The third kappa shape index (κ3) is 5.07. The average molecular weight is 289 g/mol. The second-order valence-electron chi connectivity index (χ2n) is 6.03. The summed E-state index contributed by atoms with van der Waals surface area (Å²) in [5, 5.41) is 3.18. The molecule has 3 nitrogen and oxygen atoms in total. The first-order chi connectivity index (χ1) is 10.2. The average Bonchev–Trinajstić information content (AvgIpc) is 2.73. The number of aryl methyl sites for hydroxylation is 1. The van der Waals surface area contributed by atoms with Crippen LogP contribution in [0.3, 0.4) is 0 Å². The van der Waals surface area contributed by atoms with Crippen LogP contribution in [0, 0.1) is 6.92 Å². The van der Waals surface area contributed by atoms with E-state index in [-0.39, 0.29) is 5.91 Å². The van der Waals surface area contributed by atoms with Gasteiger partial charge in [-0.3, -0.25) is 4.79 Å². The molecule has 0 aromatic heterocycles. The predicted molar refractivity (Wildman–Crippen MR) is 85.5 cm³/mol. The lowest BCUT2D eigenvalue weighted by molar-refractivity contribution is -0.128. The zero-order valence-corrected chi connectivity index (χ0v) is 13.2. The Hall–Kier alpha value is -1.51. The molecule has 0 aliphatic heterocycles. The number of rotatable bonds is 5. The van der Waals surface area contributed by atoms with Crippen LogP contribution in [0.1, 0.15) is 57.4 Å². The topological polar surface area (TPSA) is 38.3 Å². The Balaban J connectivity index is 1.91. The highest BCUT2D eigenvalue weighted by atomic mass is 16.5. The van der Waals surface area contributed by atoms with Crippen LogP contribution in [0.25, 0.3) is 0 Å². The summed E-state index contributed by atoms with van der Waals surface area (Å²) >= 11 is 0. The van der Waals surface area contributed by atoms with Gasteiger partial charge >= 0.3 is 0 Å². The summed E-state index contributed by atoms with van der Waals surface area (Å²) in [4.78, 5) is 12.4. The molecule has 1 aliphatic carbocycles. The van der Waals surface area contributed by atoms with Crippen molar-refractivity contribution in [2.45, 2.75) is 70.9 Å². The molecule has 0 heterocycles. The van der Waals surface area contributed by atoms with E-state index in [1.807, 2.05) is 38.1 Å². The van der Waals surface area contributed by atoms with E-state index in [0.717, 1.165) is 24.2 Å². The van der Waals surface area contributed by atoms with Gasteiger partial charge in [-0.2, -0.15) is 0 Å². The first-order valence-corrected chi connectivity index (χ1v) is 8.22. The van der Waals surface area contributed by atoms with Crippen molar-refractivity contribution in [2.75, 3.05) is 0 Å². The molecule has 0 unspecified atom stereocenters. The Morgan fingerprint density at radius 2 is 2.00 bits per heavy atom. The SMILES string of the molecule is CC[C@H](Oc1cccc(C)c1)C(=O)NC1CCCCCC1. The molecule has 0 saturated heterocycles. The number of carbonyl (C=O) groups excluding carboxylic acids is 1. The van der Waals surface area contributed by atoms with Gasteiger partial charge in [-0.25, -0.2) is 0 Å². The van der Waals surface area contributed by atoms with Crippen LogP contribution in [0.15, 0.2) is 24.3 Å². The lowest BCUT2D eigenvalue weighted by Gasteiger charge is -2.22. The fraction of sp³-hybridized carbons (Fsp3) is 0.611. The van der Waals surface area contributed by atoms with Gasteiger partial charge in [0.25, 0.3) is 5.91 Å². The van der Waals surface area contributed by atoms with Crippen molar-refractivity contribution in [3.8, 4) is 5.75 Å². The van der Waals surface area contributed by atoms with E-state index in [1.54, 1.807) is 0 Å². The molecule has 116 valence electrons. The van der Waals surface area contributed by atoms with E-state index in [4.69, 9.17) is 4.74 Å². The van der Waals surface area contributed by atoms with Gasteiger partial charge in [0.15, 0.2) is 6.10 Å². The molecular weight excluding hydrogens is 262 g/mol. The molecule has 1 aromatic rings. The smallest absolute Gasteiger partial charge is 0.261 e. The van der Waals surface area contributed by atoms with Gasteiger partial charge in [-0.15, -0.1) is 0 Å². The van der Waals surface area contributed by atoms with E-state index in [0.29, 0.717) is 12.5 Å². The van der Waals surface area contributed by atoms with E-state index >= 15 is 0 Å². The molecule has 1 aliphatic rings. The van der Waals surface area contributed by atoms with E-state index in [2.05, 4.69) is 5.32 Å². The molecule has 1 amide bonds. The highest BCUT2D eigenvalue weighted by molar-refractivity contribution is 5.81. The summed E-state index contributed by atoms with van der Waals surface area (Å²) in [5.74, 6) is 0.809. The first kappa shape index (κ1) is 15.9. The van der Waals surface area contributed by atoms with Gasteiger partial charge in [0.1, 0.15) is 5.75 Å². The van der Waals surface area contributed by atoms with Crippen molar-refractivity contribution in [2.24, 2.45) is 0 Å². The molecule has 0 spiro atoms. The van der Waals surface area contributed by atoms with Crippen molar-refractivity contribution < 1.29 is 9.53 Å². The van der Waals surface area contributed by atoms with Crippen LogP contribution in [-0.2, 0) is 4.79 Å². The van der Waals surface area contributed by atoms with Gasteiger partial charge in [-0.1, -0.05) is 44.7 Å². The van der Waals surface area contributed by atoms with Crippen LogP contribution in [0.4, 0.5) is 0 Å². The van der Waals surface area contributed by atoms with Crippen LogP contribution in [0.5, 0.6) is 5.75 Å². The van der Waals surface area contributed by atoms with Crippen LogP contribution < -0.4 is 10.1 Å². The second kappa shape index (κ2) is 8.06. The summed E-state index contributed by atoms with van der Waals surface area (Å²) in [6, 6.07) is 8.20. The first-order valence-electron chi connectivity index (χ1n) is 8.22. The Bertz CT molecular complexity index is 450. The third-order valence-corrected chi connectivity index (χ3v) is 4.13. The number of ether oxygens (including phenoxy) is 1. The molecular formula is C18H27NO2. The number of amides is 1. The van der Waals surface area contributed by atoms with Gasteiger partial charge < -0.3 is 10.1 Å². The van der Waals surface area contributed by atoms with Crippen LogP contribution in [-0.4, -0.2) is 18.1 Å². The van der Waals surface area contributed by atoms with Crippen molar-refractivity contribution >= 4 is 5.91 Å². The van der Waals surface area contributed by atoms with Gasteiger partial charge in [0, 0.05) is 6.04 Å². The molecule has 1 N–H and O–H groups in total. The van der Waals surface area contributed by atoms with E-state index in [1.165, 1.54) is 25.7 Å². The minimum absolute atomic E-state index is 0.0332. The maximum atomic E-state index is 12.4. The number of hydrogen-bond donors (Lipinski definition) is 1. The molecule has 1 saturated carbocycles. The van der Waals surface area contributed by atoms with E-state index < -0.39 is 6.10 Å². The Morgan fingerprint density at radius 1 is 1.29 bits per heavy atom. The molecule has 2 rings (SSSR count). The van der Waals surface area contributed by atoms with Gasteiger partial charge in [0.2, 0.25) is 0 Å². The second-order valence-corrected chi connectivity index (χ2v) is 6.03. The number of nitrogens with one attached hydrogen (secondary N) is 1. The molecule has 1 fully saturated rings. The third-order valence-electron chi connectivity index (χ3n) is 4.13. The zero-order chi connectivity index (χ0) is 15.1. The summed E-state index contributed by atoms with van der Waals surface area (Å²) in [5.41, 5.74) is 1.14. The molecule has 1 atom stereocenters. The highest BCUT2D eigenvalue weighted by Crippen LogP contribution is 2.19. The van der Waals surface area contributed by atoms with Gasteiger partial charge in [-0.05, 0) is 43.9 Å². The number of hydrogen-bond acceptors (Lipinski definition) is 2. The van der Waals surface area contributed by atoms with Crippen molar-refractivity contribution in [1.29, 1.82) is 0 Å². The van der Waals surface area contributed by atoms with Crippen LogP contribution >= 0.6 is 0 Å². The number of carbonyl (C=O) groups is 1. The Kier molecular flexibility index (Phi) is 6.09. The molecule has 1 aromatic carbocycles. The normalized spacial score (nSPS) is 17.8. The standard InChI is InChI=1S/C18H27NO2/c1-3-17(21-16-12-8-9-14(2)13-16)18(20)19-15-10-6-4-5-7-11-15/h8-9,12-13,15,17H,3-7,10-11H2,1-2H3,(H,19,20)/t17-/m0/s1. The predicted octanol–water partition coefficient (Wildman–Crippen LogP) is 3.99. The largest absolute Gasteiger partial charge is 0.481 e. The summed E-state index contributed by atoms with van der Waals surface area (Å²) in [6.45, 7) is 4.02. The maximum Gasteiger partial charge on any atom is 0.261 e. The lowest BCUT2D eigenvalue weighted by atomic mass is 10.1. The Labute approximate surface area is 128 Å². The van der Waals surface area contributed by atoms with Crippen molar-refractivity contribution in [1.82, 2.24) is 5.32 Å². The minimum atomic E-state index is -0.393. The zero-order valence-electron chi connectivity index (χ0n) is 13.2. The highest BCUT2D eigenvalue weighted by Gasteiger charge is 2.22. The fourth-order valence-electron chi connectivity index (χ4n) is 2.89. The van der Waals surface area contributed by atoms with E-state index in [9.17, 15) is 4.79 Å². The monoisotopic (exact) mass is 289 g/mol.